The normalized spacial score (nSPS) is 20.6. The molecule has 0 saturated carbocycles. The summed E-state index contributed by atoms with van der Waals surface area (Å²) in [4.78, 5) is 12.8. The van der Waals surface area contributed by atoms with Crippen LogP contribution < -0.4 is 4.90 Å². The van der Waals surface area contributed by atoms with Gasteiger partial charge in [0.2, 0.25) is 5.91 Å². The fourth-order valence-corrected chi connectivity index (χ4v) is 2.36. The molecule has 1 fully saturated rings. The zero-order valence-corrected chi connectivity index (χ0v) is 9.59. The van der Waals surface area contributed by atoms with E-state index in [-0.39, 0.29) is 34.6 Å². The van der Waals surface area contributed by atoms with Gasteiger partial charge in [-0.3, -0.25) is 4.79 Å². The van der Waals surface area contributed by atoms with Gasteiger partial charge in [-0.2, -0.15) is 0 Å². The Balaban J connectivity index is 2.44. The van der Waals surface area contributed by atoms with E-state index in [1.54, 1.807) is 0 Å². The van der Waals surface area contributed by atoms with E-state index in [0.717, 1.165) is 12.1 Å². The van der Waals surface area contributed by atoms with Gasteiger partial charge < -0.3 is 10.0 Å². The maximum Gasteiger partial charge on any atom is 0.229 e. The van der Waals surface area contributed by atoms with Crippen LogP contribution in [0.4, 0.5) is 10.1 Å². The third kappa shape index (κ3) is 2.00. The maximum absolute atomic E-state index is 12.9. The summed E-state index contributed by atoms with van der Waals surface area (Å²) in [5.74, 6) is -0.839. The molecule has 1 unspecified atom stereocenters. The SMILES string of the molecule is O=C1CC(O)CN1c1c(Cl)cc(F)cc1Cl. The van der Waals surface area contributed by atoms with E-state index in [9.17, 15) is 14.3 Å². The number of hydrogen-bond donors (Lipinski definition) is 1. The van der Waals surface area contributed by atoms with Crippen LogP contribution in [0.25, 0.3) is 0 Å². The number of benzene rings is 1. The van der Waals surface area contributed by atoms with Crippen LogP contribution in [0.1, 0.15) is 6.42 Å². The number of rotatable bonds is 1. The molecule has 1 N–H and O–H groups in total. The molecule has 1 aliphatic rings. The largest absolute Gasteiger partial charge is 0.391 e. The summed E-state index contributed by atoms with van der Waals surface area (Å²) >= 11 is 11.7. The first-order valence-electron chi connectivity index (χ1n) is 4.62. The Morgan fingerprint density at radius 2 is 1.94 bits per heavy atom. The summed E-state index contributed by atoms with van der Waals surface area (Å²) in [5.41, 5.74) is 0.256. The highest BCUT2D eigenvalue weighted by atomic mass is 35.5. The molecule has 1 amide bonds. The number of halogens is 3. The fraction of sp³-hybridized carbons (Fsp3) is 0.300. The molecule has 0 spiro atoms. The van der Waals surface area contributed by atoms with Crippen molar-refractivity contribution in [3.63, 3.8) is 0 Å². The lowest BCUT2D eigenvalue weighted by atomic mass is 10.3. The van der Waals surface area contributed by atoms with Crippen molar-refractivity contribution in [2.75, 3.05) is 11.4 Å². The first kappa shape index (κ1) is 11.6. The minimum atomic E-state index is -0.732. The number of carbonyl (C=O) groups excluding carboxylic acids is 1. The minimum Gasteiger partial charge on any atom is -0.391 e. The highest BCUT2D eigenvalue weighted by Gasteiger charge is 2.31. The Bertz CT molecular complexity index is 429. The average molecular weight is 264 g/mol. The summed E-state index contributed by atoms with van der Waals surface area (Å²) in [6.45, 7) is 0.129. The second-order valence-electron chi connectivity index (χ2n) is 3.58. The van der Waals surface area contributed by atoms with Crippen LogP contribution in [0, 0.1) is 5.82 Å². The number of aliphatic hydroxyl groups excluding tert-OH is 1. The zero-order chi connectivity index (χ0) is 11.9. The van der Waals surface area contributed by atoms with E-state index in [4.69, 9.17) is 23.2 Å². The van der Waals surface area contributed by atoms with Crippen molar-refractivity contribution in [3.05, 3.63) is 28.0 Å². The molecule has 1 saturated heterocycles. The predicted octanol–water partition coefficient (Wildman–Crippen LogP) is 2.23. The van der Waals surface area contributed by atoms with Gasteiger partial charge in [-0.15, -0.1) is 0 Å². The quantitative estimate of drug-likeness (QED) is 0.844. The van der Waals surface area contributed by atoms with Crippen LogP contribution in [-0.4, -0.2) is 23.7 Å². The molecule has 1 atom stereocenters. The lowest BCUT2D eigenvalue weighted by molar-refractivity contribution is -0.117. The van der Waals surface area contributed by atoms with E-state index < -0.39 is 11.9 Å². The highest BCUT2D eigenvalue weighted by molar-refractivity contribution is 6.40. The Hall–Kier alpha value is -0.840. The minimum absolute atomic E-state index is 0.0318. The van der Waals surface area contributed by atoms with Crippen LogP contribution in [0.15, 0.2) is 12.1 Å². The van der Waals surface area contributed by atoms with Crippen LogP contribution in [0.3, 0.4) is 0 Å². The number of β-amino-alcohol motifs (C(OH)–C–C–N with tert-alkyl or cyclic N) is 1. The summed E-state index contributed by atoms with van der Waals surface area (Å²) in [7, 11) is 0. The van der Waals surface area contributed by atoms with Gasteiger partial charge in [0.25, 0.3) is 0 Å². The van der Waals surface area contributed by atoms with Gasteiger partial charge >= 0.3 is 0 Å². The van der Waals surface area contributed by atoms with Crippen LogP contribution in [0.5, 0.6) is 0 Å². The summed E-state index contributed by atoms with van der Waals surface area (Å²) in [6, 6.07) is 2.17. The number of amides is 1. The van der Waals surface area contributed by atoms with Crippen LogP contribution in [-0.2, 0) is 4.79 Å². The third-order valence-electron chi connectivity index (χ3n) is 2.36. The fourth-order valence-electron chi connectivity index (χ4n) is 1.70. The van der Waals surface area contributed by atoms with Gasteiger partial charge in [0.1, 0.15) is 5.82 Å². The Labute approximate surface area is 101 Å². The van der Waals surface area contributed by atoms with Crippen molar-refractivity contribution in [3.8, 4) is 0 Å². The second-order valence-corrected chi connectivity index (χ2v) is 4.39. The topological polar surface area (TPSA) is 40.5 Å². The molecule has 2 rings (SSSR count). The molecule has 1 aliphatic heterocycles. The van der Waals surface area contributed by atoms with Crippen molar-refractivity contribution in [2.45, 2.75) is 12.5 Å². The summed E-state index contributed by atoms with van der Waals surface area (Å²) in [6.07, 6.45) is -0.700. The van der Waals surface area contributed by atoms with E-state index in [1.807, 2.05) is 0 Å². The summed E-state index contributed by atoms with van der Waals surface area (Å²) in [5, 5.41) is 9.47. The number of anilines is 1. The van der Waals surface area contributed by atoms with Gasteiger partial charge in [-0.05, 0) is 12.1 Å². The van der Waals surface area contributed by atoms with Crippen LogP contribution in [0.2, 0.25) is 10.0 Å². The van der Waals surface area contributed by atoms with E-state index in [0.29, 0.717) is 0 Å². The van der Waals surface area contributed by atoms with Crippen LogP contribution >= 0.6 is 23.2 Å². The standard InChI is InChI=1S/C10H8Cl2FNO2/c11-7-1-5(13)2-8(12)10(7)14-4-6(15)3-9(14)16/h1-2,6,15H,3-4H2. The predicted molar refractivity (Wildman–Crippen MR) is 59.4 cm³/mol. The van der Waals surface area contributed by atoms with E-state index in [2.05, 4.69) is 0 Å². The molecule has 0 radical (unpaired) electrons. The van der Waals surface area contributed by atoms with Gasteiger partial charge in [0.15, 0.2) is 0 Å². The van der Waals surface area contributed by atoms with E-state index in [1.165, 1.54) is 4.90 Å². The molecule has 0 aliphatic carbocycles. The molecular weight excluding hydrogens is 256 g/mol. The first-order chi connectivity index (χ1) is 7.49. The number of hydrogen-bond acceptors (Lipinski definition) is 2. The Morgan fingerprint density at radius 3 is 2.38 bits per heavy atom. The number of nitrogens with zero attached hydrogens (tertiary/aromatic N) is 1. The first-order valence-corrected chi connectivity index (χ1v) is 5.37. The molecule has 86 valence electrons. The Kier molecular flexibility index (Phi) is 3.06. The smallest absolute Gasteiger partial charge is 0.229 e. The van der Waals surface area contributed by atoms with E-state index >= 15 is 0 Å². The molecular formula is C10H8Cl2FNO2. The molecule has 3 nitrogen and oxygen atoms in total. The molecule has 1 aromatic rings. The van der Waals surface area contributed by atoms with Crippen molar-refractivity contribution < 1.29 is 14.3 Å². The molecule has 0 bridgehead atoms. The molecule has 0 aromatic heterocycles. The van der Waals surface area contributed by atoms with Crippen molar-refractivity contribution in [2.24, 2.45) is 0 Å². The lowest BCUT2D eigenvalue weighted by Gasteiger charge is -2.18. The van der Waals surface area contributed by atoms with Crippen molar-refractivity contribution >= 4 is 34.8 Å². The molecule has 1 heterocycles. The zero-order valence-electron chi connectivity index (χ0n) is 8.08. The van der Waals surface area contributed by atoms with Gasteiger partial charge in [0, 0.05) is 0 Å². The summed E-state index contributed by atoms with van der Waals surface area (Å²) < 4.78 is 12.9. The average Bonchev–Trinajstić information content (AvgIpc) is 2.43. The van der Waals surface area contributed by atoms with Gasteiger partial charge in [-0.25, -0.2) is 4.39 Å². The molecule has 6 heteroatoms. The lowest BCUT2D eigenvalue weighted by Crippen LogP contribution is -2.25. The second kappa shape index (κ2) is 4.20. The van der Waals surface area contributed by atoms with Crippen molar-refractivity contribution in [1.29, 1.82) is 0 Å². The molecule has 16 heavy (non-hydrogen) atoms. The third-order valence-corrected chi connectivity index (χ3v) is 2.93. The van der Waals surface area contributed by atoms with Gasteiger partial charge in [-0.1, -0.05) is 23.2 Å². The van der Waals surface area contributed by atoms with Gasteiger partial charge in [0.05, 0.1) is 34.8 Å². The monoisotopic (exact) mass is 263 g/mol. The number of carbonyl (C=O) groups is 1. The van der Waals surface area contributed by atoms with Crippen molar-refractivity contribution in [1.82, 2.24) is 0 Å². The maximum atomic E-state index is 12.9. The highest BCUT2D eigenvalue weighted by Crippen LogP contribution is 2.36. The molecule has 1 aromatic carbocycles. The number of aliphatic hydroxyl groups is 1. The Morgan fingerprint density at radius 1 is 1.38 bits per heavy atom.